The third-order valence-corrected chi connectivity index (χ3v) is 5.09. The predicted octanol–water partition coefficient (Wildman–Crippen LogP) is 3.07. The Bertz CT molecular complexity index is 645. The Morgan fingerprint density at radius 3 is 2.50 bits per heavy atom. The van der Waals surface area contributed by atoms with Crippen LogP contribution in [0.1, 0.15) is 50.5 Å². The Kier molecular flexibility index (Phi) is 8.91. The van der Waals surface area contributed by atoms with Gasteiger partial charge in [-0.3, -0.25) is 4.79 Å². The zero-order valence-corrected chi connectivity index (χ0v) is 17.3. The number of nitrogens with one attached hydrogen (secondary N) is 2. The fourth-order valence-corrected chi connectivity index (χ4v) is 3.46. The van der Waals surface area contributed by atoms with Gasteiger partial charge in [0.1, 0.15) is 0 Å². The molecule has 0 bridgehead atoms. The lowest BCUT2D eigenvalue weighted by Gasteiger charge is -2.23. The molecule has 7 nitrogen and oxygen atoms in total. The summed E-state index contributed by atoms with van der Waals surface area (Å²) in [4.78, 5) is 25.9. The quantitative estimate of drug-likeness (QED) is 0.634. The largest absolute Gasteiger partial charge is 0.493 e. The number of nitrogens with zero attached hydrogens (tertiary/aromatic N) is 1. The lowest BCUT2D eigenvalue weighted by molar-refractivity contribution is -0.130. The molecule has 2 rings (SSSR count). The monoisotopic (exact) mass is 391 g/mol. The number of hydrogen-bond donors (Lipinski definition) is 2. The summed E-state index contributed by atoms with van der Waals surface area (Å²) in [5, 5.41) is 5.87. The summed E-state index contributed by atoms with van der Waals surface area (Å²) in [6.07, 6.45) is 6.77. The summed E-state index contributed by atoms with van der Waals surface area (Å²) >= 11 is 0. The standard InChI is InChI=1S/C21H33N3O4/c1-24(15-16-11-12-18(27-2)19(14-16)28-3)20(25)10-7-13-22-21(26)23-17-8-5-4-6-9-17/h11-12,14,17H,4-10,13,15H2,1-3H3,(H2,22,23,26). The van der Waals surface area contributed by atoms with Gasteiger partial charge >= 0.3 is 6.03 Å². The van der Waals surface area contributed by atoms with Crippen LogP contribution in [0.15, 0.2) is 18.2 Å². The Balaban J connectivity index is 1.67. The van der Waals surface area contributed by atoms with Crippen molar-refractivity contribution < 1.29 is 19.1 Å². The zero-order chi connectivity index (χ0) is 20.4. The predicted molar refractivity (Wildman–Crippen MR) is 109 cm³/mol. The van der Waals surface area contributed by atoms with E-state index in [-0.39, 0.29) is 11.9 Å². The van der Waals surface area contributed by atoms with Gasteiger partial charge < -0.3 is 25.0 Å². The van der Waals surface area contributed by atoms with Gasteiger partial charge in [-0.05, 0) is 37.0 Å². The first-order valence-corrected chi connectivity index (χ1v) is 10.0. The minimum Gasteiger partial charge on any atom is -0.493 e. The zero-order valence-electron chi connectivity index (χ0n) is 17.3. The van der Waals surface area contributed by atoms with E-state index >= 15 is 0 Å². The van der Waals surface area contributed by atoms with Gasteiger partial charge in [-0.15, -0.1) is 0 Å². The summed E-state index contributed by atoms with van der Waals surface area (Å²) < 4.78 is 10.5. The number of ether oxygens (including phenoxy) is 2. The van der Waals surface area contributed by atoms with E-state index in [4.69, 9.17) is 9.47 Å². The second-order valence-corrected chi connectivity index (χ2v) is 7.28. The maximum absolute atomic E-state index is 12.3. The lowest BCUT2D eigenvalue weighted by Crippen LogP contribution is -2.43. The fraction of sp³-hybridized carbons (Fsp3) is 0.619. The minimum atomic E-state index is -0.127. The highest BCUT2D eigenvalue weighted by Gasteiger charge is 2.15. The maximum Gasteiger partial charge on any atom is 0.315 e. The van der Waals surface area contributed by atoms with Crippen LogP contribution in [0.25, 0.3) is 0 Å². The molecule has 1 aliphatic carbocycles. The molecule has 0 aliphatic heterocycles. The van der Waals surface area contributed by atoms with Gasteiger partial charge in [0.2, 0.25) is 5.91 Å². The maximum atomic E-state index is 12.3. The molecular formula is C21H33N3O4. The van der Waals surface area contributed by atoms with Crippen LogP contribution in [-0.2, 0) is 11.3 Å². The van der Waals surface area contributed by atoms with Gasteiger partial charge in [0.15, 0.2) is 11.5 Å². The number of benzene rings is 1. The second-order valence-electron chi connectivity index (χ2n) is 7.28. The lowest BCUT2D eigenvalue weighted by atomic mass is 9.96. The van der Waals surface area contributed by atoms with Crippen molar-refractivity contribution >= 4 is 11.9 Å². The average Bonchev–Trinajstić information content (AvgIpc) is 2.71. The summed E-state index contributed by atoms with van der Waals surface area (Å²) in [6.45, 7) is 0.989. The molecule has 0 unspecified atom stereocenters. The van der Waals surface area contributed by atoms with Crippen LogP contribution in [0.2, 0.25) is 0 Å². The SMILES string of the molecule is COc1ccc(CN(C)C(=O)CCCNC(=O)NC2CCCCC2)cc1OC. The van der Waals surface area contributed by atoms with E-state index in [2.05, 4.69) is 10.6 Å². The smallest absolute Gasteiger partial charge is 0.315 e. The third kappa shape index (κ3) is 6.94. The molecule has 1 fully saturated rings. The van der Waals surface area contributed by atoms with E-state index in [9.17, 15) is 9.59 Å². The molecule has 3 amide bonds. The van der Waals surface area contributed by atoms with Crippen LogP contribution < -0.4 is 20.1 Å². The van der Waals surface area contributed by atoms with Gasteiger partial charge in [0.25, 0.3) is 0 Å². The normalized spacial score (nSPS) is 14.2. The highest BCUT2D eigenvalue weighted by Crippen LogP contribution is 2.28. The van der Waals surface area contributed by atoms with Crippen molar-refractivity contribution in [2.45, 2.75) is 57.5 Å². The van der Waals surface area contributed by atoms with Crippen LogP contribution in [0.4, 0.5) is 4.79 Å². The highest BCUT2D eigenvalue weighted by atomic mass is 16.5. The average molecular weight is 392 g/mol. The molecule has 2 N–H and O–H groups in total. The van der Waals surface area contributed by atoms with E-state index in [0.717, 1.165) is 18.4 Å². The topological polar surface area (TPSA) is 79.9 Å². The molecule has 1 aromatic carbocycles. The van der Waals surface area contributed by atoms with Crippen molar-refractivity contribution in [1.29, 1.82) is 0 Å². The highest BCUT2D eigenvalue weighted by molar-refractivity contribution is 5.76. The molecule has 1 aromatic rings. The minimum absolute atomic E-state index is 0.0456. The molecule has 1 aliphatic rings. The van der Waals surface area contributed by atoms with E-state index in [1.54, 1.807) is 26.2 Å². The van der Waals surface area contributed by atoms with Crippen molar-refractivity contribution in [3.63, 3.8) is 0 Å². The third-order valence-electron chi connectivity index (χ3n) is 5.09. The summed E-state index contributed by atoms with van der Waals surface area (Å²) in [7, 11) is 4.97. The van der Waals surface area contributed by atoms with Crippen LogP contribution in [-0.4, -0.2) is 50.7 Å². The van der Waals surface area contributed by atoms with Gasteiger partial charge in [-0.1, -0.05) is 25.3 Å². The number of amides is 3. The first-order chi connectivity index (χ1) is 13.5. The summed E-state index contributed by atoms with van der Waals surface area (Å²) in [6, 6.07) is 5.80. The van der Waals surface area contributed by atoms with Gasteiger partial charge in [0, 0.05) is 32.6 Å². The number of carbonyl (C=O) groups excluding carboxylic acids is 2. The molecule has 156 valence electrons. The van der Waals surface area contributed by atoms with Crippen molar-refractivity contribution in [3.05, 3.63) is 23.8 Å². The Hall–Kier alpha value is -2.44. The molecule has 0 saturated heterocycles. The van der Waals surface area contributed by atoms with Gasteiger partial charge in [-0.25, -0.2) is 4.79 Å². The van der Waals surface area contributed by atoms with E-state index in [0.29, 0.717) is 43.5 Å². The van der Waals surface area contributed by atoms with Gasteiger partial charge in [-0.2, -0.15) is 0 Å². The first-order valence-electron chi connectivity index (χ1n) is 10.0. The first kappa shape index (κ1) is 21.9. The van der Waals surface area contributed by atoms with E-state index < -0.39 is 0 Å². The van der Waals surface area contributed by atoms with Crippen molar-refractivity contribution in [1.82, 2.24) is 15.5 Å². The number of urea groups is 1. The molecule has 0 radical (unpaired) electrons. The molecule has 1 saturated carbocycles. The molecular weight excluding hydrogens is 358 g/mol. The van der Waals surface area contributed by atoms with Gasteiger partial charge in [0.05, 0.1) is 14.2 Å². The number of hydrogen-bond acceptors (Lipinski definition) is 4. The van der Waals surface area contributed by atoms with Crippen LogP contribution in [0.3, 0.4) is 0 Å². The molecule has 0 spiro atoms. The summed E-state index contributed by atoms with van der Waals surface area (Å²) in [5.41, 5.74) is 0.971. The number of methoxy groups -OCH3 is 2. The Labute approximate surface area is 167 Å². The molecule has 0 aromatic heterocycles. The van der Waals surface area contributed by atoms with E-state index in [1.807, 2.05) is 18.2 Å². The Morgan fingerprint density at radius 2 is 1.82 bits per heavy atom. The van der Waals surface area contributed by atoms with Crippen LogP contribution >= 0.6 is 0 Å². The van der Waals surface area contributed by atoms with Crippen molar-refractivity contribution in [3.8, 4) is 11.5 Å². The molecule has 0 heterocycles. The molecule has 0 atom stereocenters. The van der Waals surface area contributed by atoms with E-state index in [1.165, 1.54) is 19.3 Å². The van der Waals surface area contributed by atoms with Crippen molar-refractivity contribution in [2.75, 3.05) is 27.8 Å². The second kappa shape index (κ2) is 11.4. The van der Waals surface area contributed by atoms with Crippen LogP contribution in [0.5, 0.6) is 11.5 Å². The van der Waals surface area contributed by atoms with Crippen molar-refractivity contribution in [2.24, 2.45) is 0 Å². The Morgan fingerprint density at radius 1 is 1.11 bits per heavy atom. The molecule has 7 heteroatoms. The number of rotatable bonds is 9. The molecule has 28 heavy (non-hydrogen) atoms. The fourth-order valence-electron chi connectivity index (χ4n) is 3.46. The van der Waals surface area contributed by atoms with Crippen LogP contribution in [0, 0.1) is 0 Å². The number of carbonyl (C=O) groups is 2. The summed E-state index contributed by atoms with van der Waals surface area (Å²) in [5.74, 6) is 1.36.